The predicted molar refractivity (Wildman–Crippen MR) is 83.6 cm³/mol. The third kappa shape index (κ3) is 3.41. The molecule has 0 aliphatic rings. The first-order valence-corrected chi connectivity index (χ1v) is 7.62. The van der Waals surface area contributed by atoms with E-state index in [1.54, 1.807) is 12.4 Å². The van der Waals surface area contributed by atoms with Gasteiger partial charge in [0.25, 0.3) is 0 Å². The maximum Gasteiger partial charge on any atom is 0.206 e. The van der Waals surface area contributed by atoms with E-state index in [1.807, 2.05) is 24.3 Å². The zero-order valence-corrected chi connectivity index (χ0v) is 12.2. The first-order chi connectivity index (χ1) is 10.3. The highest BCUT2D eigenvalue weighted by molar-refractivity contribution is 7.12. The number of ketones is 1. The third-order valence-corrected chi connectivity index (χ3v) is 4.22. The lowest BCUT2D eigenvalue weighted by Crippen LogP contribution is -1.99. The molecule has 0 fully saturated rings. The summed E-state index contributed by atoms with van der Waals surface area (Å²) in [4.78, 5) is 20.8. The molecule has 0 bridgehead atoms. The van der Waals surface area contributed by atoms with Crippen LogP contribution >= 0.6 is 11.3 Å². The number of carbonyl (C=O) groups is 1. The van der Waals surface area contributed by atoms with Crippen molar-refractivity contribution in [2.24, 2.45) is 0 Å². The molecular formula is C17H14N2OS. The second kappa shape index (κ2) is 6.41. The summed E-state index contributed by atoms with van der Waals surface area (Å²) < 4.78 is 0. The third-order valence-electron chi connectivity index (χ3n) is 3.25. The molecule has 0 N–H and O–H groups in total. The van der Waals surface area contributed by atoms with Crippen LogP contribution in [0.5, 0.6) is 0 Å². The van der Waals surface area contributed by atoms with Crippen molar-refractivity contribution in [2.75, 3.05) is 0 Å². The molecule has 21 heavy (non-hydrogen) atoms. The van der Waals surface area contributed by atoms with Gasteiger partial charge in [0.2, 0.25) is 5.78 Å². The van der Waals surface area contributed by atoms with E-state index in [0.29, 0.717) is 5.56 Å². The molecule has 3 aromatic rings. The van der Waals surface area contributed by atoms with E-state index in [9.17, 15) is 4.79 Å². The number of carbonyl (C=O) groups excluding carboxylic acids is 1. The average Bonchev–Trinajstić information content (AvgIpc) is 3.03. The summed E-state index contributed by atoms with van der Waals surface area (Å²) in [6.45, 7) is 0. The van der Waals surface area contributed by atoms with Crippen LogP contribution in [0.2, 0.25) is 0 Å². The first-order valence-electron chi connectivity index (χ1n) is 6.74. The van der Waals surface area contributed by atoms with Crippen LogP contribution in [0.1, 0.15) is 26.4 Å². The Labute approximate surface area is 127 Å². The van der Waals surface area contributed by atoms with Crippen LogP contribution in [0.4, 0.5) is 0 Å². The molecule has 0 aliphatic carbocycles. The van der Waals surface area contributed by atoms with Gasteiger partial charge >= 0.3 is 0 Å². The van der Waals surface area contributed by atoms with E-state index in [2.05, 4.69) is 27.5 Å². The largest absolute Gasteiger partial charge is 0.288 e. The minimum Gasteiger partial charge on any atom is -0.288 e. The summed E-state index contributed by atoms with van der Waals surface area (Å²) in [6, 6.07) is 12.3. The summed E-state index contributed by atoms with van der Waals surface area (Å²) >= 11 is 1.48. The molecule has 0 unspecified atom stereocenters. The Balaban J connectivity index is 1.68. The van der Waals surface area contributed by atoms with Crippen molar-refractivity contribution >= 4 is 17.1 Å². The van der Waals surface area contributed by atoms with Crippen molar-refractivity contribution < 1.29 is 4.79 Å². The molecule has 0 atom stereocenters. The van der Waals surface area contributed by atoms with Gasteiger partial charge in [0, 0.05) is 12.4 Å². The number of nitrogens with zero attached hydrogens (tertiary/aromatic N) is 2. The quantitative estimate of drug-likeness (QED) is 0.676. The zero-order chi connectivity index (χ0) is 14.5. The zero-order valence-electron chi connectivity index (χ0n) is 11.4. The van der Waals surface area contributed by atoms with Gasteiger partial charge in [-0.05, 0) is 35.4 Å². The van der Waals surface area contributed by atoms with Gasteiger partial charge in [0.1, 0.15) is 6.33 Å². The van der Waals surface area contributed by atoms with Gasteiger partial charge in [0.15, 0.2) is 0 Å². The number of rotatable bonds is 5. The number of aromatic nitrogens is 2. The number of aryl methyl sites for hydroxylation is 2. The Hall–Kier alpha value is -2.33. The standard InChI is InChI=1S/C17H14N2OS/c20-17(15-9-18-12-19-10-15)16-8-14(11-21-16)7-6-13-4-2-1-3-5-13/h1-5,8-12H,6-7H2. The fourth-order valence-corrected chi connectivity index (χ4v) is 3.03. The molecule has 4 heteroatoms. The van der Waals surface area contributed by atoms with Crippen LogP contribution in [0.3, 0.4) is 0 Å². The molecule has 0 radical (unpaired) electrons. The van der Waals surface area contributed by atoms with Crippen molar-refractivity contribution in [1.82, 2.24) is 9.97 Å². The topological polar surface area (TPSA) is 42.9 Å². The van der Waals surface area contributed by atoms with Gasteiger partial charge in [-0.15, -0.1) is 11.3 Å². The monoisotopic (exact) mass is 294 g/mol. The van der Waals surface area contributed by atoms with E-state index < -0.39 is 0 Å². The Morgan fingerprint density at radius 2 is 1.71 bits per heavy atom. The molecule has 0 saturated carbocycles. The van der Waals surface area contributed by atoms with Crippen LogP contribution in [0.25, 0.3) is 0 Å². The van der Waals surface area contributed by atoms with E-state index in [4.69, 9.17) is 0 Å². The molecule has 1 aromatic carbocycles. The minimum absolute atomic E-state index is 0.00781. The fraction of sp³-hybridized carbons (Fsp3) is 0.118. The number of benzene rings is 1. The van der Waals surface area contributed by atoms with Crippen LogP contribution in [-0.2, 0) is 12.8 Å². The Bertz CT molecular complexity index is 723. The molecule has 0 aliphatic heterocycles. The Morgan fingerprint density at radius 3 is 2.48 bits per heavy atom. The first kappa shape index (κ1) is 13.6. The lowest BCUT2D eigenvalue weighted by atomic mass is 10.1. The van der Waals surface area contributed by atoms with E-state index in [1.165, 1.54) is 28.8 Å². The van der Waals surface area contributed by atoms with Gasteiger partial charge in [-0.1, -0.05) is 30.3 Å². The summed E-state index contributed by atoms with van der Waals surface area (Å²) in [5.74, 6) is -0.00781. The van der Waals surface area contributed by atoms with Gasteiger partial charge in [0.05, 0.1) is 10.4 Å². The van der Waals surface area contributed by atoms with Gasteiger partial charge in [-0.25, -0.2) is 9.97 Å². The van der Waals surface area contributed by atoms with Crippen LogP contribution < -0.4 is 0 Å². The summed E-state index contributed by atoms with van der Waals surface area (Å²) in [5.41, 5.74) is 3.05. The second-order valence-corrected chi connectivity index (χ2v) is 5.67. The highest BCUT2D eigenvalue weighted by Gasteiger charge is 2.12. The molecule has 2 aromatic heterocycles. The lowest BCUT2D eigenvalue weighted by Gasteiger charge is -1.99. The van der Waals surface area contributed by atoms with E-state index in [-0.39, 0.29) is 5.78 Å². The highest BCUT2D eigenvalue weighted by Crippen LogP contribution is 2.19. The van der Waals surface area contributed by atoms with Gasteiger partial charge in [-0.3, -0.25) is 4.79 Å². The molecular weight excluding hydrogens is 280 g/mol. The smallest absolute Gasteiger partial charge is 0.206 e. The van der Waals surface area contributed by atoms with Crippen LogP contribution in [0.15, 0.2) is 60.5 Å². The second-order valence-electron chi connectivity index (χ2n) is 4.76. The maximum atomic E-state index is 12.3. The number of thiophene rings is 1. The SMILES string of the molecule is O=C(c1cncnc1)c1cc(CCc2ccccc2)cs1. The van der Waals surface area contributed by atoms with Gasteiger partial charge in [-0.2, -0.15) is 0 Å². The van der Waals surface area contributed by atoms with E-state index >= 15 is 0 Å². The Kier molecular flexibility index (Phi) is 4.17. The molecule has 2 heterocycles. The fourth-order valence-electron chi connectivity index (χ4n) is 2.12. The lowest BCUT2D eigenvalue weighted by molar-refractivity contribution is 0.104. The minimum atomic E-state index is -0.00781. The van der Waals surface area contributed by atoms with Crippen molar-refractivity contribution in [3.8, 4) is 0 Å². The van der Waals surface area contributed by atoms with Crippen molar-refractivity contribution in [1.29, 1.82) is 0 Å². The Morgan fingerprint density at radius 1 is 1.00 bits per heavy atom. The molecule has 0 saturated heterocycles. The van der Waals surface area contributed by atoms with Crippen molar-refractivity contribution in [2.45, 2.75) is 12.8 Å². The average molecular weight is 294 g/mol. The van der Waals surface area contributed by atoms with Crippen LogP contribution in [-0.4, -0.2) is 15.8 Å². The maximum absolute atomic E-state index is 12.3. The summed E-state index contributed by atoms with van der Waals surface area (Å²) in [6.07, 6.45) is 6.46. The van der Waals surface area contributed by atoms with Crippen molar-refractivity contribution in [3.05, 3.63) is 82.1 Å². The molecule has 0 spiro atoms. The summed E-state index contributed by atoms with van der Waals surface area (Å²) in [7, 11) is 0. The predicted octanol–water partition coefficient (Wildman–Crippen LogP) is 3.55. The number of hydrogen-bond donors (Lipinski definition) is 0. The molecule has 3 rings (SSSR count). The number of hydrogen-bond acceptors (Lipinski definition) is 4. The van der Waals surface area contributed by atoms with Gasteiger partial charge < -0.3 is 0 Å². The molecule has 0 amide bonds. The normalized spacial score (nSPS) is 10.5. The van der Waals surface area contributed by atoms with Crippen LogP contribution in [0, 0.1) is 0 Å². The van der Waals surface area contributed by atoms with E-state index in [0.717, 1.165) is 17.7 Å². The molecule has 3 nitrogen and oxygen atoms in total. The summed E-state index contributed by atoms with van der Waals surface area (Å²) in [5, 5.41) is 2.06. The highest BCUT2D eigenvalue weighted by atomic mass is 32.1. The molecule has 104 valence electrons. The van der Waals surface area contributed by atoms with Crippen molar-refractivity contribution in [3.63, 3.8) is 0 Å².